The number of allylic oxidation sites excluding steroid dienone is 1. The molecule has 0 bridgehead atoms. The molecule has 0 spiro atoms. The molecule has 1 aliphatic rings. The Labute approximate surface area is 96.2 Å². The first-order valence-corrected chi connectivity index (χ1v) is 5.82. The predicted octanol–water partition coefficient (Wildman–Crippen LogP) is 2.67. The molecule has 2 N–H and O–H groups in total. The van der Waals surface area contributed by atoms with Crippen LogP contribution in [0.15, 0.2) is 29.8 Å². The Morgan fingerprint density at radius 2 is 1.81 bits per heavy atom. The van der Waals surface area contributed by atoms with Crippen LogP contribution >= 0.6 is 0 Å². The molecule has 1 aromatic rings. The molecule has 0 heterocycles. The van der Waals surface area contributed by atoms with Gasteiger partial charge in [0, 0.05) is 13.0 Å². The summed E-state index contributed by atoms with van der Waals surface area (Å²) in [6.07, 6.45) is 5.84. The van der Waals surface area contributed by atoms with Gasteiger partial charge >= 0.3 is 0 Å². The van der Waals surface area contributed by atoms with E-state index in [1.807, 2.05) is 30.3 Å². The third-order valence-electron chi connectivity index (χ3n) is 3.01. The van der Waals surface area contributed by atoms with Gasteiger partial charge in [-0.15, -0.1) is 0 Å². The fourth-order valence-electron chi connectivity index (χ4n) is 2.00. The van der Waals surface area contributed by atoms with Crippen molar-refractivity contribution in [2.45, 2.75) is 32.2 Å². The number of benzene rings is 1. The lowest BCUT2D eigenvalue weighted by Gasteiger charge is -2.12. The predicted molar refractivity (Wildman–Crippen MR) is 65.8 cm³/mol. The maximum Gasteiger partial charge on any atom is 0.158 e. The molecule has 2 rings (SSSR count). The SMILES string of the molecule is NCc1ccc(/C=C2\CCCCC2=O)cc1. The molecule has 0 atom stereocenters. The van der Waals surface area contributed by atoms with Crippen LogP contribution in [0, 0.1) is 0 Å². The van der Waals surface area contributed by atoms with Crippen LogP contribution in [0.25, 0.3) is 6.08 Å². The first-order chi connectivity index (χ1) is 7.79. The molecule has 1 saturated carbocycles. The van der Waals surface area contributed by atoms with E-state index in [0.717, 1.165) is 36.0 Å². The zero-order valence-corrected chi connectivity index (χ0v) is 9.41. The van der Waals surface area contributed by atoms with E-state index in [9.17, 15) is 4.79 Å². The summed E-state index contributed by atoms with van der Waals surface area (Å²) in [5, 5.41) is 0. The van der Waals surface area contributed by atoms with Crippen molar-refractivity contribution in [3.8, 4) is 0 Å². The van der Waals surface area contributed by atoms with Crippen LogP contribution in [-0.4, -0.2) is 5.78 Å². The molecular weight excluding hydrogens is 198 g/mol. The summed E-state index contributed by atoms with van der Waals surface area (Å²) >= 11 is 0. The Morgan fingerprint density at radius 1 is 1.12 bits per heavy atom. The highest BCUT2D eigenvalue weighted by Crippen LogP contribution is 2.22. The summed E-state index contributed by atoms with van der Waals surface area (Å²) in [6, 6.07) is 8.08. The Kier molecular flexibility index (Phi) is 3.52. The maximum absolute atomic E-state index is 11.6. The normalized spacial score (nSPS) is 19.1. The molecular formula is C14H17NO. The third-order valence-corrected chi connectivity index (χ3v) is 3.01. The lowest BCUT2D eigenvalue weighted by atomic mass is 9.92. The molecule has 2 heteroatoms. The summed E-state index contributed by atoms with van der Waals surface area (Å²) in [5.41, 5.74) is 8.74. The Balaban J connectivity index is 2.17. The zero-order valence-electron chi connectivity index (χ0n) is 9.41. The molecule has 16 heavy (non-hydrogen) atoms. The second kappa shape index (κ2) is 5.08. The largest absolute Gasteiger partial charge is 0.326 e. The second-order valence-corrected chi connectivity index (χ2v) is 4.25. The topological polar surface area (TPSA) is 43.1 Å². The van der Waals surface area contributed by atoms with Crippen LogP contribution in [0.4, 0.5) is 0 Å². The van der Waals surface area contributed by atoms with Gasteiger partial charge in [-0.05, 0) is 42.0 Å². The lowest BCUT2D eigenvalue weighted by molar-refractivity contribution is -0.116. The van der Waals surface area contributed by atoms with E-state index in [1.54, 1.807) is 0 Å². The molecule has 0 aromatic heterocycles. The van der Waals surface area contributed by atoms with E-state index >= 15 is 0 Å². The van der Waals surface area contributed by atoms with Gasteiger partial charge in [0.15, 0.2) is 5.78 Å². The second-order valence-electron chi connectivity index (χ2n) is 4.25. The Hall–Kier alpha value is -1.41. The number of Topliss-reactive ketones (excluding diaryl/α,β-unsaturated/α-hetero) is 1. The number of rotatable bonds is 2. The zero-order chi connectivity index (χ0) is 11.4. The minimum Gasteiger partial charge on any atom is -0.326 e. The van der Waals surface area contributed by atoms with Crippen LogP contribution < -0.4 is 5.73 Å². The number of nitrogens with two attached hydrogens (primary N) is 1. The highest BCUT2D eigenvalue weighted by Gasteiger charge is 2.14. The van der Waals surface area contributed by atoms with E-state index in [4.69, 9.17) is 5.73 Å². The first-order valence-electron chi connectivity index (χ1n) is 5.82. The summed E-state index contributed by atoms with van der Waals surface area (Å²) in [4.78, 5) is 11.6. The smallest absolute Gasteiger partial charge is 0.158 e. The molecule has 0 radical (unpaired) electrons. The van der Waals surface area contributed by atoms with Crippen molar-refractivity contribution < 1.29 is 4.79 Å². The van der Waals surface area contributed by atoms with Gasteiger partial charge in [0.25, 0.3) is 0 Å². The molecule has 1 aromatic carbocycles. The molecule has 0 amide bonds. The van der Waals surface area contributed by atoms with Gasteiger partial charge < -0.3 is 5.73 Å². The van der Waals surface area contributed by atoms with Crippen molar-refractivity contribution >= 4 is 11.9 Å². The van der Waals surface area contributed by atoms with Gasteiger partial charge in [-0.25, -0.2) is 0 Å². The quantitative estimate of drug-likeness (QED) is 0.771. The lowest BCUT2D eigenvalue weighted by Crippen LogP contribution is -2.07. The van der Waals surface area contributed by atoms with Gasteiger partial charge in [0.05, 0.1) is 0 Å². The average Bonchev–Trinajstić information content (AvgIpc) is 2.33. The molecule has 0 unspecified atom stereocenters. The molecule has 2 nitrogen and oxygen atoms in total. The van der Waals surface area contributed by atoms with Gasteiger partial charge in [0.2, 0.25) is 0 Å². The number of ketones is 1. The molecule has 1 aliphatic carbocycles. The maximum atomic E-state index is 11.6. The summed E-state index contributed by atoms with van der Waals surface area (Å²) in [7, 11) is 0. The van der Waals surface area contributed by atoms with Crippen molar-refractivity contribution in [2.75, 3.05) is 0 Å². The van der Waals surface area contributed by atoms with Crippen LogP contribution in [0.2, 0.25) is 0 Å². The van der Waals surface area contributed by atoms with Crippen LogP contribution in [0.5, 0.6) is 0 Å². The first kappa shape index (κ1) is 11.1. The number of hydrogen-bond acceptors (Lipinski definition) is 2. The highest BCUT2D eigenvalue weighted by molar-refractivity contribution is 6.00. The van der Waals surface area contributed by atoms with Crippen molar-refractivity contribution in [3.63, 3.8) is 0 Å². The number of carbonyl (C=O) groups excluding carboxylic acids is 1. The molecule has 1 fully saturated rings. The minimum absolute atomic E-state index is 0.314. The Bertz CT molecular complexity index is 403. The van der Waals surface area contributed by atoms with Crippen LogP contribution in [0.1, 0.15) is 36.8 Å². The van der Waals surface area contributed by atoms with Gasteiger partial charge in [-0.2, -0.15) is 0 Å². The van der Waals surface area contributed by atoms with E-state index in [1.165, 1.54) is 0 Å². The van der Waals surface area contributed by atoms with Gasteiger partial charge in [0.1, 0.15) is 0 Å². The van der Waals surface area contributed by atoms with Crippen LogP contribution in [-0.2, 0) is 11.3 Å². The van der Waals surface area contributed by atoms with E-state index < -0.39 is 0 Å². The molecule has 0 saturated heterocycles. The van der Waals surface area contributed by atoms with E-state index in [-0.39, 0.29) is 0 Å². The molecule has 84 valence electrons. The van der Waals surface area contributed by atoms with Crippen molar-refractivity contribution in [1.82, 2.24) is 0 Å². The van der Waals surface area contributed by atoms with Crippen molar-refractivity contribution in [1.29, 1.82) is 0 Å². The summed E-state index contributed by atoms with van der Waals surface area (Å²) in [6.45, 7) is 0.565. The highest BCUT2D eigenvalue weighted by atomic mass is 16.1. The van der Waals surface area contributed by atoms with Crippen molar-refractivity contribution in [2.24, 2.45) is 5.73 Å². The number of hydrogen-bond donors (Lipinski definition) is 1. The van der Waals surface area contributed by atoms with Gasteiger partial charge in [-0.3, -0.25) is 4.79 Å². The van der Waals surface area contributed by atoms with Gasteiger partial charge in [-0.1, -0.05) is 24.3 Å². The minimum atomic E-state index is 0.314. The van der Waals surface area contributed by atoms with E-state index in [0.29, 0.717) is 18.7 Å². The van der Waals surface area contributed by atoms with Crippen molar-refractivity contribution in [3.05, 3.63) is 41.0 Å². The fourth-order valence-corrected chi connectivity index (χ4v) is 2.00. The average molecular weight is 215 g/mol. The third kappa shape index (κ3) is 2.58. The monoisotopic (exact) mass is 215 g/mol. The van der Waals surface area contributed by atoms with E-state index in [2.05, 4.69) is 0 Å². The number of carbonyl (C=O) groups is 1. The Morgan fingerprint density at radius 3 is 2.44 bits per heavy atom. The standard InChI is InChI=1S/C14H17NO/c15-10-12-7-5-11(6-8-12)9-13-3-1-2-4-14(13)16/h5-9H,1-4,10,15H2/b13-9+. The summed E-state index contributed by atoms with van der Waals surface area (Å²) < 4.78 is 0. The summed E-state index contributed by atoms with van der Waals surface area (Å²) in [5.74, 6) is 0.314. The van der Waals surface area contributed by atoms with Crippen LogP contribution in [0.3, 0.4) is 0 Å². The fraction of sp³-hybridized carbons (Fsp3) is 0.357. The molecule has 0 aliphatic heterocycles.